The smallest absolute Gasteiger partial charge is 0.469 e. The standard InChI is InChI=1S/C27H39B2N5O6/c1-24(2)25(3,4)38-28(37-24)18-13-30-22(31-14-18)21-17(12-20(35)36-9)10-11-34(21)23-32-15-19(16-33-23)29-39-26(5,6)27(7,8)40-29/h13-17,21H,10-12H2,1-9H3/t17-,21?/m0/s1. The van der Waals surface area contributed by atoms with Crippen LogP contribution in [-0.4, -0.2) is 76.2 Å². The molecule has 1 unspecified atom stereocenters. The zero-order valence-electron chi connectivity index (χ0n) is 24.9. The lowest BCUT2D eigenvalue weighted by molar-refractivity contribution is -0.141. The fourth-order valence-electron chi connectivity index (χ4n) is 5.12. The van der Waals surface area contributed by atoms with Gasteiger partial charge in [0.1, 0.15) is 0 Å². The van der Waals surface area contributed by atoms with E-state index in [1.807, 2.05) is 60.3 Å². The van der Waals surface area contributed by atoms with Gasteiger partial charge in [0.25, 0.3) is 0 Å². The Morgan fingerprint density at radius 1 is 0.825 bits per heavy atom. The SMILES string of the molecule is COC(=O)C[C@@H]1CCN(c2ncc(B3OC(C)(C)C(C)(C)O3)cn2)C1c1ncc(B2OC(C)(C)C(C)(C)O2)cn1. The number of carbonyl (C=O) groups excluding carboxylic acids is 1. The molecule has 0 N–H and O–H groups in total. The summed E-state index contributed by atoms with van der Waals surface area (Å²) in [6.45, 7) is 16.7. The Bertz CT molecular complexity index is 1210. The molecular formula is C27H39B2N5O6. The van der Waals surface area contributed by atoms with Crippen LogP contribution >= 0.6 is 0 Å². The van der Waals surface area contributed by atoms with Crippen molar-refractivity contribution in [3.63, 3.8) is 0 Å². The van der Waals surface area contributed by atoms with E-state index in [2.05, 4.69) is 9.97 Å². The maximum atomic E-state index is 12.3. The van der Waals surface area contributed by atoms with E-state index in [9.17, 15) is 4.79 Å². The zero-order valence-corrected chi connectivity index (χ0v) is 24.9. The Hall–Kier alpha value is -2.60. The lowest BCUT2D eigenvalue weighted by atomic mass is 9.81. The van der Waals surface area contributed by atoms with E-state index in [4.69, 9.17) is 33.3 Å². The molecule has 3 aliphatic heterocycles. The molecule has 0 saturated carbocycles. The minimum absolute atomic E-state index is 0.0680. The second-order valence-electron chi connectivity index (χ2n) is 12.8. The van der Waals surface area contributed by atoms with Crippen molar-refractivity contribution in [1.29, 1.82) is 0 Å². The first-order valence-electron chi connectivity index (χ1n) is 13.8. The molecule has 2 atom stereocenters. The molecule has 0 radical (unpaired) electrons. The van der Waals surface area contributed by atoms with E-state index in [-0.39, 0.29) is 24.3 Å². The fraction of sp³-hybridized carbons (Fsp3) is 0.667. The summed E-state index contributed by atoms with van der Waals surface area (Å²) < 4.78 is 29.6. The third kappa shape index (κ3) is 5.13. The number of ether oxygens (including phenoxy) is 1. The summed E-state index contributed by atoms with van der Waals surface area (Å²) in [6, 6.07) is -0.311. The van der Waals surface area contributed by atoms with E-state index in [0.29, 0.717) is 18.3 Å². The van der Waals surface area contributed by atoms with Crippen LogP contribution in [0.4, 0.5) is 5.95 Å². The second-order valence-corrected chi connectivity index (χ2v) is 12.8. The summed E-state index contributed by atoms with van der Waals surface area (Å²) in [6.07, 6.45) is 7.92. The lowest BCUT2D eigenvalue weighted by Gasteiger charge is -2.32. The van der Waals surface area contributed by atoms with Crippen LogP contribution in [0, 0.1) is 5.92 Å². The Morgan fingerprint density at radius 3 is 1.68 bits per heavy atom. The van der Waals surface area contributed by atoms with Gasteiger partial charge in [-0.05, 0) is 67.7 Å². The maximum Gasteiger partial charge on any atom is 0.498 e. The van der Waals surface area contributed by atoms with Crippen LogP contribution in [0.15, 0.2) is 24.8 Å². The summed E-state index contributed by atoms with van der Waals surface area (Å²) in [5.41, 5.74) is -0.365. The monoisotopic (exact) mass is 551 g/mol. The van der Waals surface area contributed by atoms with Crippen molar-refractivity contribution in [2.45, 2.75) is 96.7 Å². The van der Waals surface area contributed by atoms with Gasteiger partial charge in [-0.25, -0.2) is 19.9 Å². The van der Waals surface area contributed by atoms with Crippen LogP contribution in [0.1, 0.15) is 80.1 Å². The first kappa shape index (κ1) is 28.9. The van der Waals surface area contributed by atoms with Gasteiger partial charge < -0.3 is 28.3 Å². The summed E-state index contributed by atoms with van der Waals surface area (Å²) in [5.74, 6) is 0.755. The van der Waals surface area contributed by atoms with Crippen LogP contribution in [0.3, 0.4) is 0 Å². The molecule has 11 nitrogen and oxygen atoms in total. The van der Waals surface area contributed by atoms with Crippen LogP contribution in [0.5, 0.6) is 0 Å². The first-order valence-corrected chi connectivity index (χ1v) is 13.8. The van der Waals surface area contributed by atoms with Crippen LogP contribution < -0.4 is 15.8 Å². The summed E-state index contributed by atoms with van der Waals surface area (Å²) >= 11 is 0. The number of hydrogen-bond acceptors (Lipinski definition) is 11. The minimum atomic E-state index is -0.560. The van der Waals surface area contributed by atoms with Gasteiger partial charge in [0, 0.05) is 42.3 Å². The minimum Gasteiger partial charge on any atom is -0.469 e. The summed E-state index contributed by atoms with van der Waals surface area (Å²) in [7, 11) is 0.291. The van der Waals surface area contributed by atoms with Crippen LogP contribution in [-0.2, 0) is 28.1 Å². The number of nitrogens with zero attached hydrogens (tertiary/aromatic N) is 5. The van der Waals surface area contributed by atoms with E-state index >= 15 is 0 Å². The lowest BCUT2D eigenvalue weighted by Crippen LogP contribution is -2.41. The van der Waals surface area contributed by atoms with E-state index in [0.717, 1.165) is 17.3 Å². The number of anilines is 1. The highest BCUT2D eigenvalue weighted by atomic mass is 16.7. The third-order valence-electron chi connectivity index (χ3n) is 9.10. The molecule has 40 heavy (non-hydrogen) atoms. The molecule has 0 aromatic carbocycles. The quantitative estimate of drug-likeness (QED) is 0.388. The largest absolute Gasteiger partial charge is 0.498 e. The fourth-order valence-corrected chi connectivity index (χ4v) is 5.12. The van der Waals surface area contributed by atoms with Gasteiger partial charge in [0.2, 0.25) is 5.95 Å². The summed E-state index contributed by atoms with van der Waals surface area (Å²) in [5, 5.41) is 0. The average molecular weight is 551 g/mol. The van der Waals surface area contributed by atoms with Crippen molar-refractivity contribution in [2.24, 2.45) is 5.92 Å². The highest BCUT2D eigenvalue weighted by Crippen LogP contribution is 2.40. The molecule has 2 aromatic heterocycles. The highest BCUT2D eigenvalue weighted by molar-refractivity contribution is 6.62. The van der Waals surface area contributed by atoms with Crippen molar-refractivity contribution in [3.8, 4) is 0 Å². The van der Waals surface area contributed by atoms with Crippen molar-refractivity contribution in [2.75, 3.05) is 18.6 Å². The molecular weight excluding hydrogens is 512 g/mol. The van der Waals surface area contributed by atoms with E-state index < -0.39 is 36.6 Å². The van der Waals surface area contributed by atoms with Crippen molar-refractivity contribution in [1.82, 2.24) is 19.9 Å². The molecule has 5 rings (SSSR count). The number of aromatic nitrogens is 4. The normalized spacial score (nSPS) is 26.4. The molecule has 0 amide bonds. The molecule has 3 aliphatic rings. The predicted octanol–water partition coefficient (Wildman–Crippen LogP) is 2.00. The second kappa shape index (κ2) is 10.0. The van der Waals surface area contributed by atoms with Gasteiger partial charge in [-0.1, -0.05) is 0 Å². The Morgan fingerprint density at radius 2 is 1.25 bits per heavy atom. The molecule has 3 saturated heterocycles. The number of hydrogen-bond donors (Lipinski definition) is 0. The third-order valence-corrected chi connectivity index (χ3v) is 9.10. The Labute approximate surface area is 237 Å². The van der Waals surface area contributed by atoms with Gasteiger partial charge in [-0.15, -0.1) is 0 Å². The number of methoxy groups -OCH3 is 1. The number of rotatable bonds is 6. The molecule has 5 heterocycles. The average Bonchev–Trinajstić information content (AvgIpc) is 3.47. The molecule has 2 aromatic rings. The van der Waals surface area contributed by atoms with E-state index in [1.54, 1.807) is 24.8 Å². The predicted molar refractivity (Wildman–Crippen MR) is 150 cm³/mol. The molecule has 3 fully saturated rings. The summed E-state index contributed by atoms with van der Waals surface area (Å²) in [4.78, 5) is 33.1. The Balaban J connectivity index is 1.39. The number of esters is 1. The van der Waals surface area contributed by atoms with Crippen molar-refractivity contribution >= 4 is 37.1 Å². The van der Waals surface area contributed by atoms with Gasteiger partial charge >= 0.3 is 20.2 Å². The van der Waals surface area contributed by atoms with Crippen LogP contribution in [0.2, 0.25) is 0 Å². The molecule has 214 valence electrons. The first-order chi connectivity index (χ1) is 18.6. The van der Waals surface area contributed by atoms with Crippen molar-refractivity contribution in [3.05, 3.63) is 30.6 Å². The molecule has 0 bridgehead atoms. The maximum absolute atomic E-state index is 12.3. The van der Waals surface area contributed by atoms with Gasteiger partial charge in [-0.2, -0.15) is 0 Å². The molecule has 0 spiro atoms. The zero-order chi connectivity index (χ0) is 29.1. The van der Waals surface area contributed by atoms with Crippen molar-refractivity contribution < 1.29 is 28.1 Å². The topological polar surface area (TPSA) is 118 Å². The molecule has 13 heteroatoms. The highest BCUT2D eigenvalue weighted by Gasteiger charge is 2.53. The Kier molecular flexibility index (Phi) is 7.26. The number of carbonyl (C=O) groups is 1. The van der Waals surface area contributed by atoms with Gasteiger partial charge in [-0.3, -0.25) is 4.79 Å². The van der Waals surface area contributed by atoms with Crippen LogP contribution in [0.25, 0.3) is 0 Å². The van der Waals surface area contributed by atoms with Gasteiger partial charge in [0.15, 0.2) is 5.82 Å². The molecule has 0 aliphatic carbocycles. The van der Waals surface area contributed by atoms with Gasteiger partial charge in [0.05, 0.1) is 42.0 Å². The van der Waals surface area contributed by atoms with E-state index in [1.165, 1.54) is 7.11 Å².